The largest absolute Gasteiger partial charge is 0.300 e. The maximum Gasteiger partial charge on any atom is 0.0584 e. The molecule has 4 nitrogen and oxygen atoms in total. The van der Waals surface area contributed by atoms with Crippen LogP contribution in [0.15, 0.2) is 32.2 Å². The molecule has 0 aliphatic rings. The van der Waals surface area contributed by atoms with Gasteiger partial charge in [-0.05, 0) is 6.08 Å². The summed E-state index contributed by atoms with van der Waals surface area (Å²) in [6.45, 7) is 0.663. The lowest BCUT2D eigenvalue weighted by Gasteiger charge is -1.82. The van der Waals surface area contributed by atoms with Crippen LogP contribution in [0.4, 0.5) is 0 Å². The highest BCUT2D eigenvalue weighted by Gasteiger charge is 1.72. The molecule has 0 amide bonds. The van der Waals surface area contributed by atoms with Gasteiger partial charge in [-0.1, -0.05) is 0 Å². The van der Waals surface area contributed by atoms with Crippen LogP contribution in [0, 0.1) is 0 Å². The van der Waals surface area contributed by atoms with Crippen molar-refractivity contribution < 1.29 is 0 Å². The first-order valence-electron chi connectivity index (χ1n) is 4.88. The first kappa shape index (κ1) is 13.4. The summed E-state index contributed by atoms with van der Waals surface area (Å²) in [4.78, 5) is 15.9. The number of hydrogen-bond donors (Lipinski definition) is 0. The van der Waals surface area contributed by atoms with E-state index < -0.39 is 0 Å². The van der Waals surface area contributed by atoms with Gasteiger partial charge in [0, 0.05) is 58.0 Å². The second-order valence-electron chi connectivity index (χ2n) is 2.62. The second-order valence-corrected chi connectivity index (χ2v) is 2.62. The second kappa shape index (κ2) is 12.4. The minimum Gasteiger partial charge on any atom is -0.300 e. The number of hydrogen-bond acceptors (Lipinski definition) is 4. The lowest BCUT2D eigenvalue weighted by Crippen LogP contribution is -1.79. The highest BCUT2D eigenvalue weighted by Crippen LogP contribution is 1.78. The summed E-state index contributed by atoms with van der Waals surface area (Å²) in [5, 5.41) is 0. The molecule has 0 atom stereocenters. The van der Waals surface area contributed by atoms with Crippen molar-refractivity contribution in [2.75, 3.05) is 20.6 Å². The Labute approximate surface area is 91.3 Å². The van der Waals surface area contributed by atoms with Crippen molar-refractivity contribution in [3.8, 4) is 0 Å². The van der Waals surface area contributed by atoms with Crippen molar-refractivity contribution in [3.63, 3.8) is 0 Å². The van der Waals surface area contributed by atoms with Gasteiger partial charge in [0.1, 0.15) is 0 Å². The van der Waals surface area contributed by atoms with Crippen molar-refractivity contribution in [1.29, 1.82) is 0 Å². The molecule has 0 radical (unpaired) electrons. The lowest BCUT2D eigenvalue weighted by molar-refractivity contribution is 1.23. The predicted molar refractivity (Wildman–Crippen MR) is 69.1 cm³/mol. The van der Waals surface area contributed by atoms with Gasteiger partial charge >= 0.3 is 0 Å². The van der Waals surface area contributed by atoms with Gasteiger partial charge in [-0.15, -0.1) is 0 Å². The van der Waals surface area contributed by atoms with Crippen molar-refractivity contribution in [2.45, 2.75) is 12.8 Å². The molecule has 0 aliphatic carbocycles. The first-order chi connectivity index (χ1) is 7.41. The molecular weight excluding hydrogens is 188 g/mol. The average Bonchev–Trinajstić information content (AvgIpc) is 2.26. The Morgan fingerprint density at radius 2 is 1.53 bits per heavy atom. The number of rotatable bonds is 7. The molecule has 0 aliphatic heterocycles. The van der Waals surface area contributed by atoms with E-state index in [-0.39, 0.29) is 0 Å². The van der Waals surface area contributed by atoms with Crippen LogP contribution in [0.1, 0.15) is 12.8 Å². The molecule has 15 heavy (non-hydrogen) atoms. The van der Waals surface area contributed by atoms with Crippen LogP contribution in [0.2, 0.25) is 0 Å². The molecule has 0 unspecified atom stereocenters. The molecule has 0 bridgehead atoms. The average molecular weight is 206 g/mol. The minimum atomic E-state index is 0.663. The van der Waals surface area contributed by atoms with Crippen LogP contribution in [-0.2, 0) is 0 Å². The molecule has 0 aromatic carbocycles. The van der Waals surface area contributed by atoms with Gasteiger partial charge in [-0.2, -0.15) is 0 Å². The molecule has 0 saturated carbocycles. The van der Waals surface area contributed by atoms with E-state index in [1.165, 1.54) is 0 Å². The van der Waals surface area contributed by atoms with Gasteiger partial charge in [-0.3, -0.25) is 9.98 Å². The van der Waals surface area contributed by atoms with E-state index in [0.29, 0.717) is 6.54 Å². The number of nitrogens with zero attached hydrogens (tertiary/aromatic N) is 4. The molecule has 0 spiro atoms. The fourth-order valence-electron chi connectivity index (χ4n) is 0.745. The van der Waals surface area contributed by atoms with Gasteiger partial charge < -0.3 is 9.98 Å². The maximum atomic E-state index is 4.14. The van der Waals surface area contributed by atoms with Crippen LogP contribution in [0.3, 0.4) is 0 Å². The summed E-state index contributed by atoms with van der Waals surface area (Å²) in [5.74, 6) is 0. The zero-order valence-corrected chi connectivity index (χ0v) is 9.37. The summed E-state index contributed by atoms with van der Waals surface area (Å²) < 4.78 is 0. The zero-order valence-electron chi connectivity index (χ0n) is 9.37. The van der Waals surface area contributed by atoms with E-state index in [1.54, 1.807) is 32.7 Å². The first-order valence-corrected chi connectivity index (χ1v) is 4.88. The summed E-state index contributed by atoms with van der Waals surface area (Å²) in [6, 6.07) is 0. The topological polar surface area (TPSA) is 49.4 Å². The van der Waals surface area contributed by atoms with Crippen LogP contribution >= 0.6 is 0 Å². The number of aliphatic imine (C=N–C) groups is 4. The Bertz CT molecular complexity index is 262. The molecular formula is C11H18N4. The van der Waals surface area contributed by atoms with Gasteiger partial charge in [0.05, 0.1) is 6.54 Å². The van der Waals surface area contributed by atoms with E-state index in [0.717, 1.165) is 12.8 Å². The normalized spacial score (nSPS) is 13.5. The molecule has 0 saturated heterocycles. The molecule has 4 heteroatoms. The third-order valence-corrected chi connectivity index (χ3v) is 1.42. The summed E-state index contributed by atoms with van der Waals surface area (Å²) in [7, 11) is 3.50. The monoisotopic (exact) mass is 206 g/mol. The molecule has 0 rings (SSSR count). The third kappa shape index (κ3) is 12.4. The van der Waals surface area contributed by atoms with Crippen molar-refractivity contribution in [3.05, 3.63) is 12.3 Å². The Hall–Kier alpha value is -1.58. The minimum absolute atomic E-state index is 0.663. The predicted octanol–water partition coefficient (Wildman–Crippen LogP) is 1.82. The van der Waals surface area contributed by atoms with Gasteiger partial charge in [-0.25, -0.2) is 0 Å². The van der Waals surface area contributed by atoms with Crippen molar-refractivity contribution in [1.82, 2.24) is 0 Å². The lowest BCUT2D eigenvalue weighted by atomic mass is 10.5. The molecule has 0 fully saturated rings. The Balaban J connectivity index is 3.45. The van der Waals surface area contributed by atoms with Gasteiger partial charge in [0.2, 0.25) is 0 Å². The van der Waals surface area contributed by atoms with E-state index >= 15 is 0 Å². The van der Waals surface area contributed by atoms with Crippen LogP contribution in [0.5, 0.6) is 0 Å². The SMILES string of the molecule is CN=CCC=NC=CCN=CCC=NC. The smallest absolute Gasteiger partial charge is 0.0584 e. The highest BCUT2D eigenvalue weighted by molar-refractivity contribution is 5.79. The Kier molecular flexibility index (Phi) is 11.1. The van der Waals surface area contributed by atoms with E-state index in [1.807, 2.05) is 18.5 Å². The summed E-state index contributed by atoms with van der Waals surface area (Å²) >= 11 is 0. The van der Waals surface area contributed by atoms with E-state index in [4.69, 9.17) is 0 Å². The molecule has 0 N–H and O–H groups in total. The zero-order chi connectivity index (χ0) is 11.2. The van der Waals surface area contributed by atoms with Gasteiger partial charge in [0.25, 0.3) is 0 Å². The van der Waals surface area contributed by atoms with Crippen LogP contribution < -0.4 is 0 Å². The fourth-order valence-corrected chi connectivity index (χ4v) is 0.745. The summed E-state index contributed by atoms with van der Waals surface area (Å²) in [6.07, 6.45) is 12.5. The van der Waals surface area contributed by atoms with Crippen LogP contribution in [-0.4, -0.2) is 45.5 Å². The van der Waals surface area contributed by atoms with Crippen molar-refractivity contribution >= 4 is 24.9 Å². The highest BCUT2D eigenvalue weighted by atomic mass is 14.7. The molecule has 0 aromatic rings. The van der Waals surface area contributed by atoms with Crippen molar-refractivity contribution in [2.24, 2.45) is 20.0 Å². The third-order valence-electron chi connectivity index (χ3n) is 1.42. The van der Waals surface area contributed by atoms with E-state index in [9.17, 15) is 0 Å². The molecule has 82 valence electrons. The summed E-state index contributed by atoms with van der Waals surface area (Å²) in [5.41, 5.74) is 0. The van der Waals surface area contributed by atoms with E-state index in [2.05, 4.69) is 20.0 Å². The standard InChI is InChI=1S/C11H18N4/c1-12-6-3-8-14-10-5-11-15-9-4-7-13-2/h5-10H,3-4,11H2,1-2H3. The quantitative estimate of drug-likeness (QED) is 0.571. The maximum absolute atomic E-state index is 4.14. The van der Waals surface area contributed by atoms with Crippen LogP contribution in [0.25, 0.3) is 0 Å². The Morgan fingerprint density at radius 3 is 2.20 bits per heavy atom. The molecule has 0 heterocycles. The van der Waals surface area contributed by atoms with Gasteiger partial charge in [0.15, 0.2) is 0 Å². The fraction of sp³-hybridized carbons (Fsp3) is 0.455. The molecule has 0 aromatic heterocycles. The Morgan fingerprint density at radius 1 is 0.867 bits per heavy atom.